The van der Waals surface area contributed by atoms with Crippen LogP contribution in [0.2, 0.25) is 0 Å². The highest BCUT2D eigenvalue weighted by Crippen LogP contribution is 2.62. The molecule has 1 amide bonds. The van der Waals surface area contributed by atoms with Crippen LogP contribution in [-0.2, 0) is 22.8 Å². The third-order valence-electron chi connectivity index (χ3n) is 12.5. The van der Waals surface area contributed by atoms with Crippen LogP contribution >= 0.6 is 0 Å². The number of ether oxygens (including phenoxy) is 4. The summed E-state index contributed by atoms with van der Waals surface area (Å²) in [6.07, 6.45) is 7.23. The Bertz CT molecular complexity index is 2430. The van der Waals surface area contributed by atoms with Gasteiger partial charge in [0.2, 0.25) is 5.79 Å². The van der Waals surface area contributed by atoms with Gasteiger partial charge in [0.05, 0.1) is 33.8 Å². The lowest BCUT2D eigenvalue weighted by molar-refractivity contribution is -0.385. The average Bonchev–Trinajstić information content (AvgIpc) is 3.31. The number of fused-ring (bicyclic) bond motifs is 2. The van der Waals surface area contributed by atoms with Crippen LogP contribution in [-0.4, -0.2) is 80.4 Å². The molecule has 1 aliphatic heterocycles. The van der Waals surface area contributed by atoms with Crippen molar-refractivity contribution in [2.75, 3.05) is 26.9 Å². The fourth-order valence-electron chi connectivity index (χ4n) is 9.49. The molecule has 1 saturated carbocycles. The molecule has 7 rings (SSSR count). The molecule has 2 N–H and O–H groups in total. The number of nitrogens with zero attached hydrogens (tertiary/aromatic N) is 5. The van der Waals surface area contributed by atoms with E-state index in [2.05, 4.69) is 17.6 Å². The van der Waals surface area contributed by atoms with Crippen molar-refractivity contribution in [3.8, 4) is 17.2 Å². The van der Waals surface area contributed by atoms with E-state index in [4.69, 9.17) is 28.9 Å². The number of amides is 1. The van der Waals surface area contributed by atoms with Crippen molar-refractivity contribution in [1.29, 1.82) is 0 Å². The number of rotatable bonds is 21. The zero-order valence-corrected chi connectivity index (χ0v) is 37.0. The number of oxime groups is 1. The highest BCUT2D eigenvalue weighted by Gasteiger charge is 2.65. The van der Waals surface area contributed by atoms with Gasteiger partial charge in [0.15, 0.2) is 0 Å². The first-order valence-electron chi connectivity index (χ1n) is 22.1. The number of nitro groups is 2. The lowest BCUT2D eigenvalue weighted by Gasteiger charge is -2.59. The Morgan fingerprint density at radius 3 is 2.29 bits per heavy atom. The molecule has 3 aromatic carbocycles. The predicted molar refractivity (Wildman–Crippen MR) is 243 cm³/mol. The molecule has 66 heavy (non-hydrogen) atoms. The molecule has 348 valence electrons. The van der Waals surface area contributed by atoms with E-state index in [-0.39, 0.29) is 74.3 Å². The number of aryl methyl sites for hydroxylation is 1. The number of benzene rings is 3. The number of hydrogen-bond acceptors (Lipinski definition) is 14. The number of unbranched alkanes of at least 4 members (excludes halogenated alkanes) is 2. The Morgan fingerprint density at radius 2 is 1.62 bits per heavy atom. The summed E-state index contributed by atoms with van der Waals surface area (Å²) >= 11 is 0. The van der Waals surface area contributed by atoms with Gasteiger partial charge in [0.25, 0.3) is 11.4 Å². The minimum atomic E-state index is -1.57. The largest absolute Gasteiger partial charge is 0.487 e. The Labute approximate surface area is 382 Å². The average molecular weight is 906 g/mol. The third kappa shape index (κ3) is 10.5. The fraction of sp³-hybridized carbons (Fsp3) is 0.408. The van der Waals surface area contributed by atoms with Crippen LogP contribution in [0, 0.1) is 44.9 Å². The van der Waals surface area contributed by atoms with E-state index >= 15 is 0 Å². The molecule has 0 radical (unpaired) electrons. The molecule has 0 saturated heterocycles. The standard InChI is InChI=1S/C49H55N5O12/c1-4-26-63-49-45(52(3)48(57)65-38-20-18-37(19-21-38)54(60)61)29-43(51-64-30-33-14-16-36(17-15-33)53(58)59)41-27-34(11-5-7-24-55)40(13-6-8-25-56)46(47(41)49)42-28-39(22-23-44(42)66-49)62-31-35-12-9-10-32(2)50-35/h4,9-10,12,14-23,27-28,34,40,45-47,55-56H,1,5-8,11,13,24-26,29-31H2,2-3H3. The minimum Gasteiger partial charge on any atom is -0.487 e. The molecule has 3 aliphatic rings. The summed E-state index contributed by atoms with van der Waals surface area (Å²) in [5.41, 5.74) is 4.25. The number of hydrogen-bond donors (Lipinski definition) is 2. The molecule has 6 unspecified atom stereocenters. The Morgan fingerprint density at radius 1 is 0.939 bits per heavy atom. The highest BCUT2D eigenvalue weighted by molar-refractivity contribution is 6.03. The van der Waals surface area contributed by atoms with Gasteiger partial charge in [0.1, 0.15) is 36.5 Å². The monoisotopic (exact) mass is 905 g/mol. The van der Waals surface area contributed by atoms with Crippen LogP contribution < -0.4 is 14.2 Å². The Balaban J connectivity index is 1.37. The second kappa shape index (κ2) is 21.5. The quantitative estimate of drug-likeness (QED) is 0.0346. The maximum absolute atomic E-state index is 14.3. The maximum atomic E-state index is 14.3. The SMILES string of the molecule is C=CCOC12Oc3ccc(OCc4cccc(C)n4)cc3C3C(CCCCO)C(CCCCO)C=C(C(=NOCc4ccc([N+](=O)[O-])cc4)CC1N(C)C(=O)Oc1ccc([N+](=O)[O-])cc1)C32. The smallest absolute Gasteiger partial charge is 0.415 e. The number of allylic oxidation sites excluding steroid dienone is 1. The van der Waals surface area contributed by atoms with Crippen molar-refractivity contribution in [2.45, 2.75) is 82.8 Å². The van der Waals surface area contributed by atoms with Crippen molar-refractivity contribution in [3.63, 3.8) is 0 Å². The summed E-state index contributed by atoms with van der Waals surface area (Å²) in [5, 5.41) is 47.4. The lowest BCUT2D eigenvalue weighted by atomic mass is 9.55. The van der Waals surface area contributed by atoms with Crippen molar-refractivity contribution >= 4 is 23.2 Å². The van der Waals surface area contributed by atoms with Crippen LogP contribution in [0.25, 0.3) is 0 Å². The number of likely N-dealkylation sites (N-methyl/N-ethyl adjacent to an activating group) is 1. The Hall–Kier alpha value is -6.69. The van der Waals surface area contributed by atoms with Gasteiger partial charge in [0, 0.05) is 68.1 Å². The summed E-state index contributed by atoms with van der Waals surface area (Å²) in [6.45, 7) is 6.21. The van der Waals surface area contributed by atoms with Crippen LogP contribution in [0.5, 0.6) is 17.2 Å². The number of carbonyl (C=O) groups is 1. The van der Waals surface area contributed by atoms with Gasteiger partial charge in [-0.3, -0.25) is 25.2 Å². The van der Waals surface area contributed by atoms with E-state index in [1.807, 2.05) is 43.3 Å². The second-order valence-corrected chi connectivity index (χ2v) is 16.8. The molecule has 6 atom stereocenters. The molecule has 1 fully saturated rings. The Kier molecular flexibility index (Phi) is 15.4. The van der Waals surface area contributed by atoms with Gasteiger partial charge in [-0.05, 0) is 110 Å². The van der Waals surface area contributed by atoms with Gasteiger partial charge >= 0.3 is 6.09 Å². The highest BCUT2D eigenvalue weighted by atomic mass is 16.7. The van der Waals surface area contributed by atoms with E-state index in [9.17, 15) is 35.2 Å². The third-order valence-corrected chi connectivity index (χ3v) is 12.5. The molecule has 0 bridgehead atoms. The first kappa shape index (κ1) is 47.3. The van der Waals surface area contributed by atoms with Gasteiger partial charge in [-0.2, -0.15) is 0 Å². The number of nitro benzene ring substituents is 2. The molecule has 17 heteroatoms. The molecule has 0 spiro atoms. The van der Waals surface area contributed by atoms with E-state index in [1.54, 1.807) is 25.3 Å². The predicted octanol–water partition coefficient (Wildman–Crippen LogP) is 8.75. The summed E-state index contributed by atoms with van der Waals surface area (Å²) in [6, 6.07) is 21.7. The summed E-state index contributed by atoms with van der Waals surface area (Å²) in [7, 11) is 1.57. The molecule has 2 aliphatic carbocycles. The van der Waals surface area contributed by atoms with E-state index < -0.39 is 33.7 Å². The van der Waals surface area contributed by atoms with Crippen molar-refractivity contribution in [1.82, 2.24) is 9.88 Å². The zero-order valence-electron chi connectivity index (χ0n) is 37.0. The topological polar surface area (TPSA) is 218 Å². The maximum Gasteiger partial charge on any atom is 0.415 e. The molecule has 17 nitrogen and oxygen atoms in total. The van der Waals surface area contributed by atoms with Crippen LogP contribution in [0.1, 0.15) is 73.4 Å². The number of non-ortho nitro benzene ring substituents is 2. The van der Waals surface area contributed by atoms with E-state index in [1.165, 1.54) is 41.3 Å². The summed E-state index contributed by atoms with van der Waals surface area (Å²) in [5.74, 6) is -1.40. The fourth-order valence-corrected chi connectivity index (χ4v) is 9.49. The van der Waals surface area contributed by atoms with Gasteiger partial charge in [-0.1, -0.05) is 36.2 Å². The zero-order chi connectivity index (χ0) is 46.8. The van der Waals surface area contributed by atoms with Crippen molar-refractivity contribution in [2.24, 2.45) is 22.9 Å². The first-order valence-corrected chi connectivity index (χ1v) is 22.1. The van der Waals surface area contributed by atoms with Crippen LogP contribution in [0.3, 0.4) is 0 Å². The number of pyridine rings is 1. The number of aliphatic hydroxyl groups is 2. The molecular formula is C49H55N5O12. The number of carbonyl (C=O) groups excluding carboxylic acids is 1. The summed E-state index contributed by atoms with van der Waals surface area (Å²) < 4.78 is 26.4. The number of aliphatic hydroxyl groups excluding tert-OH is 2. The molecule has 4 aromatic rings. The first-order chi connectivity index (χ1) is 32.0. The van der Waals surface area contributed by atoms with Crippen LogP contribution in [0.4, 0.5) is 16.2 Å². The molecule has 2 heterocycles. The molecular weight excluding hydrogens is 851 g/mol. The van der Waals surface area contributed by atoms with Gasteiger partial charge in [-0.15, -0.1) is 6.58 Å². The second-order valence-electron chi connectivity index (χ2n) is 16.8. The van der Waals surface area contributed by atoms with Crippen molar-refractivity contribution < 1.29 is 48.6 Å². The van der Waals surface area contributed by atoms with E-state index in [0.717, 1.165) is 48.2 Å². The van der Waals surface area contributed by atoms with Gasteiger partial charge in [-0.25, -0.2) is 4.79 Å². The molecule has 1 aromatic heterocycles. The van der Waals surface area contributed by atoms with Crippen LogP contribution in [0.15, 0.2) is 114 Å². The minimum absolute atomic E-state index is 0.0107. The van der Waals surface area contributed by atoms with Gasteiger partial charge < -0.3 is 38.9 Å². The summed E-state index contributed by atoms with van der Waals surface area (Å²) in [4.78, 5) is 48.1. The van der Waals surface area contributed by atoms with Crippen molar-refractivity contribution in [3.05, 3.63) is 152 Å². The number of aromatic nitrogens is 1. The normalized spacial score (nSPS) is 22.2. The van der Waals surface area contributed by atoms with E-state index in [0.29, 0.717) is 35.6 Å². The lowest BCUT2D eigenvalue weighted by Crippen LogP contribution is -2.69.